The van der Waals surface area contributed by atoms with Crippen molar-refractivity contribution in [2.75, 3.05) is 5.32 Å². The van der Waals surface area contributed by atoms with Gasteiger partial charge in [-0.2, -0.15) is 8.42 Å². The van der Waals surface area contributed by atoms with Gasteiger partial charge in [-0.1, -0.05) is 6.07 Å². The highest BCUT2D eigenvalue weighted by Gasteiger charge is 2.14. The van der Waals surface area contributed by atoms with Crippen LogP contribution in [-0.4, -0.2) is 31.5 Å². The Bertz CT molecular complexity index is 1030. The van der Waals surface area contributed by atoms with Gasteiger partial charge in [0, 0.05) is 11.3 Å². The van der Waals surface area contributed by atoms with E-state index in [1.807, 2.05) is 13.8 Å². The van der Waals surface area contributed by atoms with E-state index in [1.165, 1.54) is 24.3 Å². The summed E-state index contributed by atoms with van der Waals surface area (Å²) in [6.07, 6.45) is -0.0187. The van der Waals surface area contributed by atoms with E-state index in [1.54, 1.807) is 24.3 Å². The van der Waals surface area contributed by atoms with Gasteiger partial charge >= 0.3 is 0 Å². The molecule has 0 fully saturated rings. The fourth-order valence-electron chi connectivity index (χ4n) is 2.22. The lowest BCUT2D eigenvalue weighted by Crippen LogP contribution is -2.34. The molecule has 0 saturated heterocycles. The normalized spacial score (nSPS) is 10.9. The van der Waals surface area contributed by atoms with Gasteiger partial charge in [0.15, 0.2) is 5.11 Å². The first kappa shape index (κ1) is 22.1. The lowest BCUT2D eigenvalue weighted by Gasteiger charge is -2.12. The van der Waals surface area contributed by atoms with Gasteiger partial charge in [-0.15, -0.1) is 4.40 Å². The molecule has 0 heterocycles. The average molecular weight is 436 g/mol. The Morgan fingerprint density at radius 3 is 2.38 bits per heavy atom. The van der Waals surface area contributed by atoms with Crippen molar-refractivity contribution in [2.45, 2.75) is 24.8 Å². The molecule has 2 aromatic rings. The minimum Gasteiger partial charge on any atom is -0.491 e. The third-order valence-electron chi connectivity index (χ3n) is 3.33. The predicted octanol–water partition coefficient (Wildman–Crippen LogP) is 1.56. The van der Waals surface area contributed by atoms with E-state index in [9.17, 15) is 13.2 Å². The molecule has 2 rings (SSSR count). The van der Waals surface area contributed by atoms with Crippen molar-refractivity contribution in [2.24, 2.45) is 15.9 Å². The summed E-state index contributed by atoms with van der Waals surface area (Å²) in [7, 11) is -3.98. The Labute approximate surface area is 174 Å². The van der Waals surface area contributed by atoms with Crippen molar-refractivity contribution >= 4 is 44.9 Å². The minimum absolute atomic E-state index is 0.0187. The van der Waals surface area contributed by atoms with Crippen LogP contribution in [0.1, 0.15) is 24.2 Å². The lowest BCUT2D eigenvalue weighted by atomic mass is 10.2. The van der Waals surface area contributed by atoms with Crippen LogP contribution in [0.4, 0.5) is 5.69 Å². The standard InChI is InChI=1S/C18H21N5O4S2/c1-11(2)27-14-5-3-4-12(10-14)16(24)22-18(28)21-13-6-8-15(9-7-13)29(25,26)23-17(19)20/h3-11H,1-2H3,(H4,19,20,23)(H2,21,22,24,28). The summed E-state index contributed by atoms with van der Waals surface area (Å²) < 4.78 is 32.6. The molecule has 1 amide bonds. The van der Waals surface area contributed by atoms with E-state index in [4.69, 9.17) is 28.4 Å². The van der Waals surface area contributed by atoms with Gasteiger partial charge in [0.25, 0.3) is 15.9 Å². The zero-order valence-electron chi connectivity index (χ0n) is 15.7. The number of hydrogen-bond donors (Lipinski definition) is 4. The van der Waals surface area contributed by atoms with Gasteiger partial charge in [-0.25, -0.2) is 0 Å². The van der Waals surface area contributed by atoms with Gasteiger partial charge in [-0.05, 0) is 68.5 Å². The number of amides is 1. The third-order valence-corrected chi connectivity index (χ3v) is 4.85. The quantitative estimate of drug-likeness (QED) is 0.303. The van der Waals surface area contributed by atoms with Gasteiger partial charge in [0.05, 0.1) is 11.0 Å². The van der Waals surface area contributed by atoms with Crippen molar-refractivity contribution in [3.63, 3.8) is 0 Å². The number of benzene rings is 2. The van der Waals surface area contributed by atoms with Crippen LogP contribution in [0, 0.1) is 0 Å². The molecular weight excluding hydrogens is 414 g/mol. The predicted molar refractivity (Wildman–Crippen MR) is 115 cm³/mol. The molecule has 9 nitrogen and oxygen atoms in total. The minimum atomic E-state index is -3.98. The molecule has 0 aliphatic heterocycles. The number of thiocarbonyl (C=S) groups is 1. The van der Waals surface area contributed by atoms with Gasteiger partial charge in [-0.3, -0.25) is 10.1 Å². The molecule has 0 atom stereocenters. The molecule has 2 aromatic carbocycles. The van der Waals surface area contributed by atoms with Crippen molar-refractivity contribution in [1.82, 2.24) is 5.32 Å². The molecule has 29 heavy (non-hydrogen) atoms. The van der Waals surface area contributed by atoms with E-state index in [2.05, 4.69) is 15.0 Å². The van der Waals surface area contributed by atoms with Gasteiger partial charge < -0.3 is 21.5 Å². The maximum Gasteiger partial charge on any atom is 0.285 e. The molecule has 0 bridgehead atoms. The summed E-state index contributed by atoms with van der Waals surface area (Å²) in [5.41, 5.74) is 11.1. The highest BCUT2D eigenvalue weighted by atomic mass is 32.2. The fourth-order valence-corrected chi connectivity index (χ4v) is 3.30. The summed E-state index contributed by atoms with van der Waals surface area (Å²) in [4.78, 5) is 12.3. The molecule has 154 valence electrons. The number of nitrogens with zero attached hydrogens (tertiary/aromatic N) is 1. The number of hydrogen-bond acceptors (Lipinski definition) is 5. The Morgan fingerprint density at radius 1 is 1.14 bits per heavy atom. The fraction of sp³-hybridized carbons (Fsp3) is 0.167. The van der Waals surface area contributed by atoms with E-state index >= 15 is 0 Å². The van der Waals surface area contributed by atoms with Crippen molar-refractivity contribution in [3.05, 3.63) is 54.1 Å². The van der Waals surface area contributed by atoms with Crippen LogP contribution in [0.5, 0.6) is 5.75 Å². The smallest absolute Gasteiger partial charge is 0.285 e. The van der Waals surface area contributed by atoms with Gasteiger partial charge in [0.2, 0.25) is 5.96 Å². The first-order chi connectivity index (χ1) is 13.6. The highest BCUT2D eigenvalue weighted by Crippen LogP contribution is 2.17. The second-order valence-electron chi connectivity index (χ2n) is 6.12. The molecule has 0 radical (unpaired) electrons. The van der Waals surface area contributed by atoms with E-state index in [0.717, 1.165) is 0 Å². The number of rotatable bonds is 6. The number of carbonyl (C=O) groups is 1. The average Bonchev–Trinajstić information content (AvgIpc) is 2.60. The topological polar surface area (TPSA) is 149 Å². The Balaban J connectivity index is 2.02. The summed E-state index contributed by atoms with van der Waals surface area (Å²) in [6.45, 7) is 3.78. The number of anilines is 1. The zero-order valence-corrected chi connectivity index (χ0v) is 17.4. The Hall–Kier alpha value is -3.18. The third kappa shape index (κ3) is 6.73. The zero-order chi connectivity index (χ0) is 21.6. The molecular formula is C18H21N5O4S2. The van der Waals surface area contributed by atoms with E-state index in [-0.39, 0.29) is 16.1 Å². The summed E-state index contributed by atoms with van der Waals surface area (Å²) >= 11 is 5.13. The molecule has 0 unspecified atom stereocenters. The summed E-state index contributed by atoms with van der Waals surface area (Å²) in [6, 6.07) is 12.2. The number of guanidine groups is 1. The van der Waals surface area contributed by atoms with Crippen molar-refractivity contribution < 1.29 is 17.9 Å². The summed E-state index contributed by atoms with van der Waals surface area (Å²) in [5.74, 6) is -0.397. The van der Waals surface area contributed by atoms with Crippen molar-refractivity contribution in [3.8, 4) is 5.75 Å². The molecule has 0 aliphatic rings. The van der Waals surface area contributed by atoms with Crippen LogP contribution < -0.4 is 26.8 Å². The number of carbonyl (C=O) groups excluding carboxylic acids is 1. The lowest BCUT2D eigenvalue weighted by molar-refractivity contribution is 0.0977. The number of nitrogens with one attached hydrogen (secondary N) is 2. The number of ether oxygens (including phenoxy) is 1. The van der Waals surface area contributed by atoms with E-state index in [0.29, 0.717) is 17.0 Å². The highest BCUT2D eigenvalue weighted by molar-refractivity contribution is 7.90. The number of sulfonamides is 1. The molecule has 11 heteroatoms. The SMILES string of the molecule is CC(C)Oc1cccc(C(=O)NC(=S)Nc2ccc(S(=O)(=O)N=C(N)N)cc2)c1. The molecule has 0 aliphatic carbocycles. The van der Waals surface area contributed by atoms with Crippen LogP contribution in [0.25, 0.3) is 0 Å². The second kappa shape index (κ2) is 9.34. The Morgan fingerprint density at radius 2 is 1.79 bits per heavy atom. The second-order valence-corrected chi connectivity index (χ2v) is 8.13. The Kier molecular flexibility index (Phi) is 7.13. The maximum absolute atomic E-state index is 12.4. The van der Waals surface area contributed by atoms with Crippen LogP contribution in [0.2, 0.25) is 0 Å². The monoisotopic (exact) mass is 435 g/mol. The first-order valence-corrected chi connectivity index (χ1v) is 10.3. The molecule has 0 aromatic heterocycles. The van der Waals surface area contributed by atoms with Crippen LogP contribution in [-0.2, 0) is 10.0 Å². The number of nitrogens with two attached hydrogens (primary N) is 2. The largest absolute Gasteiger partial charge is 0.491 e. The van der Waals surface area contributed by atoms with Crippen molar-refractivity contribution in [1.29, 1.82) is 0 Å². The van der Waals surface area contributed by atoms with Crippen LogP contribution >= 0.6 is 12.2 Å². The molecule has 0 spiro atoms. The molecule has 0 saturated carbocycles. The maximum atomic E-state index is 12.4. The summed E-state index contributed by atoms with van der Waals surface area (Å²) in [5, 5.41) is 5.39. The van der Waals surface area contributed by atoms with E-state index < -0.39 is 21.9 Å². The first-order valence-electron chi connectivity index (χ1n) is 8.42. The van der Waals surface area contributed by atoms with Crippen LogP contribution in [0.15, 0.2) is 57.8 Å². The van der Waals surface area contributed by atoms with Crippen LogP contribution in [0.3, 0.4) is 0 Å². The molecule has 6 N–H and O–H groups in total. The van der Waals surface area contributed by atoms with Gasteiger partial charge in [0.1, 0.15) is 5.75 Å².